The van der Waals surface area contributed by atoms with Gasteiger partial charge in [0, 0.05) is 20.6 Å². The topological polar surface area (TPSA) is 75.4 Å². The van der Waals surface area contributed by atoms with Crippen molar-refractivity contribution in [1.29, 1.82) is 0 Å². The Balaban J connectivity index is 4.26. The van der Waals surface area contributed by atoms with Crippen molar-refractivity contribution in [1.82, 2.24) is 10.2 Å². The quantitative estimate of drug-likeness (QED) is 0.700. The molecule has 100 valence electrons. The molecule has 3 N–H and O–H groups in total. The standard InChI is InChI=1S/C12H25N3O2/c1-8(2)6-10(13)12(17)15(5)7-9(3)11(16)14-4/h8-10H,6-7,13H2,1-5H3,(H,14,16). The third-order valence-corrected chi connectivity index (χ3v) is 2.66. The van der Waals surface area contributed by atoms with Crippen LogP contribution in [-0.2, 0) is 9.59 Å². The maximum absolute atomic E-state index is 11.9. The molecule has 0 spiro atoms. The van der Waals surface area contributed by atoms with E-state index in [4.69, 9.17) is 5.73 Å². The van der Waals surface area contributed by atoms with Crippen LogP contribution in [0.1, 0.15) is 27.2 Å². The van der Waals surface area contributed by atoms with Crippen molar-refractivity contribution in [3.8, 4) is 0 Å². The lowest BCUT2D eigenvalue weighted by Gasteiger charge is -2.24. The maximum Gasteiger partial charge on any atom is 0.239 e. The molecular weight excluding hydrogens is 218 g/mol. The first-order valence-electron chi connectivity index (χ1n) is 6.01. The molecule has 0 fully saturated rings. The van der Waals surface area contributed by atoms with Gasteiger partial charge in [0.1, 0.15) is 0 Å². The van der Waals surface area contributed by atoms with Crippen LogP contribution >= 0.6 is 0 Å². The first kappa shape index (κ1) is 15.9. The Morgan fingerprint density at radius 2 is 1.82 bits per heavy atom. The first-order chi connectivity index (χ1) is 7.79. The van der Waals surface area contributed by atoms with Crippen molar-refractivity contribution in [2.24, 2.45) is 17.6 Å². The van der Waals surface area contributed by atoms with Crippen LogP contribution in [0.2, 0.25) is 0 Å². The molecule has 0 aliphatic carbocycles. The highest BCUT2D eigenvalue weighted by Crippen LogP contribution is 2.06. The largest absolute Gasteiger partial charge is 0.359 e. The fourth-order valence-corrected chi connectivity index (χ4v) is 1.72. The molecule has 5 nitrogen and oxygen atoms in total. The number of nitrogens with zero attached hydrogens (tertiary/aromatic N) is 1. The van der Waals surface area contributed by atoms with Gasteiger partial charge >= 0.3 is 0 Å². The van der Waals surface area contributed by atoms with E-state index in [2.05, 4.69) is 5.32 Å². The van der Waals surface area contributed by atoms with E-state index in [1.807, 2.05) is 13.8 Å². The molecule has 0 aromatic rings. The molecule has 2 unspecified atom stereocenters. The van der Waals surface area contributed by atoms with E-state index in [1.54, 1.807) is 21.0 Å². The average Bonchev–Trinajstić information content (AvgIpc) is 2.25. The number of likely N-dealkylation sites (N-methyl/N-ethyl adjacent to an activating group) is 1. The number of rotatable bonds is 6. The molecule has 2 amide bonds. The molecule has 0 rings (SSSR count). The van der Waals surface area contributed by atoms with Gasteiger partial charge in [0.25, 0.3) is 0 Å². The molecule has 5 heteroatoms. The van der Waals surface area contributed by atoms with E-state index < -0.39 is 6.04 Å². The third kappa shape index (κ3) is 5.68. The summed E-state index contributed by atoms with van der Waals surface area (Å²) >= 11 is 0. The van der Waals surface area contributed by atoms with Crippen LogP contribution in [0.3, 0.4) is 0 Å². The monoisotopic (exact) mass is 243 g/mol. The number of carbonyl (C=O) groups excluding carboxylic acids is 2. The number of nitrogens with one attached hydrogen (secondary N) is 1. The summed E-state index contributed by atoms with van der Waals surface area (Å²) in [7, 11) is 3.27. The summed E-state index contributed by atoms with van der Waals surface area (Å²) in [5.74, 6) is -0.00421. The van der Waals surface area contributed by atoms with E-state index in [1.165, 1.54) is 4.90 Å². The van der Waals surface area contributed by atoms with E-state index >= 15 is 0 Å². The zero-order valence-corrected chi connectivity index (χ0v) is 11.5. The highest BCUT2D eigenvalue weighted by atomic mass is 16.2. The zero-order valence-electron chi connectivity index (χ0n) is 11.5. The van der Waals surface area contributed by atoms with Gasteiger partial charge in [-0.15, -0.1) is 0 Å². The molecule has 0 aliphatic heterocycles. The summed E-state index contributed by atoms with van der Waals surface area (Å²) in [5, 5.41) is 2.56. The lowest BCUT2D eigenvalue weighted by Crippen LogP contribution is -2.45. The van der Waals surface area contributed by atoms with Gasteiger partial charge in [-0.3, -0.25) is 9.59 Å². The fourth-order valence-electron chi connectivity index (χ4n) is 1.72. The SMILES string of the molecule is CNC(=O)C(C)CN(C)C(=O)C(N)CC(C)C. The van der Waals surface area contributed by atoms with Crippen LogP contribution in [0.4, 0.5) is 0 Å². The van der Waals surface area contributed by atoms with Crippen molar-refractivity contribution in [2.45, 2.75) is 33.2 Å². The lowest BCUT2D eigenvalue weighted by atomic mass is 10.0. The molecule has 0 aromatic carbocycles. The van der Waals surface area contributed by atoms with E-state index in [0.29, 0.717) is 18.9 Å². The van der Waals surface area contributed by atoms with Crippen molar-refractivity contribution in [3.63, 3.8) is 0 Å². The Labute approximate surface area is 104 Å². The molecule has 17 heavy (non-hydrogen) atoms. The highest BCUT2D eigenvalue weighted by molar-refractivity contribution is 5.83. The van der Waals surface area contributed by atoms with Gasteiger partial charge in [-0.25, -0.2) is 0 Å². The fraction of sp³-hybridized carbons (Fsp3) is 0.833. The summed E-state index contributed by atoms with van der Waals surface area (Å²) in [6.45, 7) is 6.24. The van der Waals surface area contributed by atoms with Gasteiger partial charge in [-0.05, 0) is 12.3 Å². The van der Waals surface area contributed by atoms with Gasteiger partial charge in [0.2, 0.25) is 11.8 Å². The number of hydrogen-bond acceptors (Lipinski definition) is 3. The van der Waals surface area contributed by atoms with Crippen molar-refractivity contribution in [3.05, 3.63) is 0 Å². The first-order valence-corrected chi connectivity index (χ1v) is 6.01. The molecule has 0 bridgehead atoms. The summed E-state index contributed by atoms with van der Waals surface area (Å²) in [5.41, 5.74) is 5.81. The molecule has 0 aromatic heterocycles. The van der Waals surface area contributed by atoms with Crippen molar-refractivity contribution < 1.29 is 9.59 Å². The normalized spacial score (nSPS) is 14.3. The minimum absolute atomic E-state index is 0.0675. The molecule has 0 saturated heterocycles. The van der Waals surface area contributed by atoms with Crippen molar-refractivity contribution >= 4 is 11.8 Å². The van der Waals surface area contributed by atoms with Crippen LogP contribution < -0.4 is 11.1 Å². The summed E-state index contributed by atoms with van der Waals surface area (Å²) in [6, 6.07) is -0.475. The minimum atomic E-state index is -0.475. The van der Waals surface area contributed by atoms with Crippen LogP contribution in [0.15, 0.2) is 0 Å². The van der Waals surface area contributed by atoms with Gasteiger partial charge in [0.05, 0.1) is 12.0 Å². The second-order valence-corrected chi connectivity index (χ2v) is 4.97. The van der Waals surface area contributed by atoms with Gasteiger partial charge in [-0.1, -0.05) is 20.8 Å². The Kier molecular flexibility index (Phi) is 6.80. The molecule has 0 radical (unpaired) electrons. The van der Waals surface area contributed by atoms with Gasteiger partial charge in [-0.2, -0.15) is 0 Å². The summed E-state index contributed by atoms with van der Waals surface area (Å²) < 4.78 is 0. The molecular formula is C12H25N3O2. The lowest BCUT2D eigenvalue weighted by molar-refractivity contribution is -0.133. The number of amides is 2. The smallest absolute Gasteiger partial charge is 0.239 e. The number of hydrogen-bond donors (Lipinski definition) is 2. The average molecular weight is 243 g/mol. The molecule has 0 aliphatic rings. The van der Waals surface area contributed by atoms with E-state index in [9.17, 15) is 9.59 Å². The van der Waals surface area contributed by atoms with Crippen molar-refractivity contribution in [2.75, 3.05) is 20.6 Å². The Bertz CT molecular complexity index is 266. The zero-order chi connectivity index (χ0) is 13.6. The van der Waals surface area contributed by atoms with Crippen LogP contribution in [-0.4, -0.2) is 43.4 Å². The third-order valence-electron chi connectivity index (χ3n) is 2.66. The highest BCUT2D eigenvalue weighted by Gasteiger charge is 2.22. The molecule has 0 saturated carbocycles. The molecule has 2 atom stereocenters. The number of carbonyl (C=O) groups is 2. The predicted octanol–water partition coefficient (Wildman–Crippen LogP) is 0.200. The van der Waals surface area contributed by atoms with Crippen LogP contribution in [0, 0.1) is 11.8 Å². The Morgan fingerprint density at radius 1 is 1.29 bits per heavy atom. The van der Waals surface area contributed by atoms with Crippen LogP contribution in [0.5, 0.6) is 0 Å². The van der Waals surface area contributed by atoms with Gasteiger partial charge < -0.3 is 16.0 Å². The number of nitrogens with two attached hydrogens (primary N) is 1. The van der Waals surface area contributed by atoms with E-state index in [-0.39, 0.29) is 17.7 Å². The van der Waals surface area contributed by atoms with Gasteiger partial charge in [0.15, 0.2) is 0 Å². The van der Waals surface area contributed by atoms with E-state index in [0.717, 1.165) is 0 Å². The summed E-state index contributed by atoms with van der Waals surface area (Å²) in [4.78, 5) is 24.8. The summed E-state index contributed by atoms with van der Waals surface area (Å²) in [6.07, 6.45) is 0.664. The minimum Gasteiger partial charge on any atom is -0.359 e. The maximum atomic E-state index is 11.9. The molecule has 0 heterocycles. The van der Waals surface area contributed by atoms with Crippen LogP contribution in [0.25, 0.3) is 0 Å². The Morgan fingerprint density at radius 3 is 2.24 bits per heavy atom. The predicted molar refractivity (Wildman–Crippen MR) is 68.3 cm³/mol. The Hall–Kier alpha value is -1.10. The second-order valence-electron chi connectivity index (χ2n) is 4.97. The second kappa shape index (κ2) is 7.27.